The number of rotatable bonds is 7. The third kappa shape index (κ3) is 5.66. The van der Waals surface area contributed by atoms with E-state index in [4.69, 9.17) is 5.21 Å². The molecule has 0 spiro atoms. The maximum absolute atomic E-state index is 12.8. The second-order valence-corrected chi connectivity index (χ2v) is 6.39. The molecule has 1 atom stereocenters. The Labute approximate surface area is 159 Å². The van der Waals surface area contributed by atoms with Crippen LogP contribution in [-0.2, 0) is 4.79 Å². The first-order chi connectivity index (χ1) is 12.9. The van der Waals surface area contributed by atoms with Crippen LogP contribution in [0.25, 0.3) is 5.57 Å². The number of benzene rings is 2. The molecule has 0 aliphatic carbocycles. The molecule has 0 unspecified atom stereocenters. The molecule has 27 heavy (non-hydrogen) atoms. The van der Waals surface area contributed by atoms with E-state index in [0.29, 0.717) is 5.56 Å². The van der Waals surface area contributed by atoms with E-state index in [0.717, 1.165) is 16.8 Å². The minimum absolute atomic E-state index is 0.00579. The number of nitrogens with zero attached hydrogens (tertiary/aromatic N) is 1. The van der Waals surface area contributed by atoms with Crippen LogP contribution in [0, 0.1) is 5.92 Å². The SMILES string of the molecule is C[C@H](/C=C(/C=C/C(=O)NO)c1ccccc1)C(=O)c1ccc(N(C)C)cc1. The van der Waals surface area contributed by atoms with Crippen LogP contribution in [0.2, 0.25) is 0 Å². The normalized spacial score (nSPS) is 12.7. The molecule has 2 aromatic carbocycles. The summed E-state index contributed by atoms with van der Waals surface area (Å²) >= 11 is 0. The monoisotopic (exact) mass is 364 g/mol. The topological polar surface area (TPSA) is 69.6 Å². The molecule has 0 saturated carbocycles. The zero-order valence-corrected chi connectivity index (χ0v) is 15.7. The average Bonchev–Trinajstić information content (AvgIpc) is 2.70. The Bertz CT molecular complexity index is 838. The van der Waals surface area contributed by atoms with E-state index in [9.17, 15) is 9.59 Å². The van der Waals surface area contributed by atoms with Crippen molar-refractivity contribution in [3.8, 4) is 0 Å². The van der Waals surface area contributed by atoms with Crippen molar-refractivity contribution in [1.82, 2.24) is 5.48 Å². The minimum atomic E-state index is -0.630. The van der Waals surface area contributed by atoms with Gasteiger partial charge in [-0.05, 0) is 41.5 Å². The van der Waals surface area contributed by atoms with Gasteiger partial charge in [0, 0.05) is 37.3 Å². The Hall–Kier alpha value is -3.18. The first kappa shape index (κ1) is 20.1. The van der Waals surface area contributed by atoms with Crippen molar-refractivity contribution in [1.29, 1.82) is 0 Å². The summed E-state index contributed by atoms with van der Waals surface area (Å²) in [5.41, 5.74) is 4.83. The van der Waals surface area contributed by atoms with Crippen LogP contribution < -0.4 is 10.4 Å². The number of hydrogen-bond donors (Lipinski definition) is 2. The third-order valence-electron chi connectivity index (χ3n) is 4.14. The lowest BCUT2D eigenvalue weighted by molar-refractivity contribution is -0.124. The van der Waals surface area contributed by atoms with Gasteiger partial charge in [0.2, 0.25) is 0 Å². The van der Waals surface area contributed by atoms with E-state index in [2.05, 4.69) is 0 Å². The molecule has 0 radical (unpaired) electrons. The maximum atomic E-state index is 12.8. The van der Waals surface area contributed by atoms with Crippen LogP contribution in [0.15, 0.2) is 72.8 Å². The van der Waals surface area contributed by atoms with Crippen molar-refractivity contribution in [3.63, 3.8) is 0 Å². The maximum Gasteiger partial charge on any atom is 0.267 e. The van der Waals surface area contributed by atoms with E-state index in [1.54, 1.807) is 11.6 Å². The molecular formula is C22H24N2O3. The number of hydroxylamine groups is 1. The van der Waals surface area contributed by atoms with Crippen LogP contribution in [0.5, 0.6) is 0 Å². The van der Waals surface area contributed by atoms with Gasteiger partial charge >= 0.3 is 0 Å². The molecule has 1 amide bonds. The van der Waals surface area contributed by atoms with Gasteiger partial charge in [-0.15, -0.1) is 0 Å². The predicted molar refractivity (Wildman–Crippen MR) is 108 cm³/mol. The largest absolute Gasteiger partial charge is 0.378 e. The lowest BCUT2D eigenvalue weighted by atomic mass is 9.94. The third-order valence-corrected chi connectivity index (χ3v) is 4.14. The number of nitrogens with one attached hydrogen (secondary N) is 1. The van der Waals surface area contributed by atoms with Gasteiger partial charge in [0.1, 0.15) is 0 Å². The summed E-state index contributed by atoms with van der Waals surface area (Å²) in [6, 6.07) is 16.9. The fourth-order valence-electron chi connectivity index (χ4n) is 2.61. The van der Waals surface area contributed by atoms with Gasteiger partial charge in [-0.1, -0.05) is 43.3 Å². The van der Waals surface area contributed by atoms with Crippen LogP contribution in [0.1, 0.15) is 22.8 Å². The standard InChI is InChI=1S/C22H24N2O3/c1-16(22(26)18-9-12-20(13-10-18)24(2)3)15-19(11-14-21(25)23-27)17-7-5-4-6-8-17/h4-16,27H,1-3H3,(H,23,25)/b14-11+,19-15-/t16-/m1/s1. The molecule has 0 aromatic heterocycles. The molecule has 0 heterocycles. The van der Waals surface area contributed by atoms with Gasteiger partial charge in [-0.25, -0.2) is 5.48 Å². The highest BCUT2D eigenvalue weighted by molar-refractivity contribution is 6.00. The lowest BCUT2D eigenvalue weighted by Gasteiger charge is -2.13. The van der Waals surface area contributed by atoms with Gasteiger partial charge in [-0.2, -0.15) is 0 Å². The average molecular weight is 364 g/mol. The summed E-state index contributed by atoms with van der Waals surface area (Å²) in [4.78, 5) is 26.1. The molecule has 0 bridgehead atoms. The summed E-state index contributed by atoms with van der Waals surface area (Å²) in [7, 11) is 3.90. The predicted octanol–water partition coefficient (Wildman–Crippen LogP) is 3.72. The molecule has 140 valence electrons. The van der Waals surface area contributed by atoms with Crippen molar-refractivity contribution >= 4 is 23.0 Å². The fourth-order valence-corrected chi connectivity index (χ4v) is 2.61. The first-order valence-electron chi connectivity index (χ1n) is 8.63. The second-order valence-electron chi connectivity index (χ2n) is 6.39. The molecule has 2 aromatic rings. The van der Waals surface area contributed by atoms with E-state index in [-0.39, 0.29) is 11.7 Å². The Morgan fingerprint density at radius 3 is 2.15 bits per heavy atom. The second kappa shape index (κ2) is 9.50. The zero-order valence-electron chi connectivity index (χ0n) is 15.7. The van der Waals surface area contributed by atoms with Crippen molar-refractivity contribution in [2.75, 3.05) is 19.0 Å². The highest BCUT2D eigenvalue weighted by Gasteiger charge is 2.14. The van der Waals surface area contributed by atoms with Crippen molar-refractivity contribution in [2.24, 2.45) is 5.92 Å². The summed E-state index contributed by atoms with van der Waals surface area (Å²) in [5.74, 6) is -1.02. The molecule has 0 saturated heterocycles. The molecule has 0 aliphatic rings. The first-order valence-corrected chi connectivity index (χ1v) is 8.63. The number of carbonyl (C=O) groups excluding carboxylic acids is 2. The quantitative estimate of drug-likeness (QED) is 0.258. The van der Waals surface area contributed by atoms with E-state index in [1.165, 1.54) is 6.08 Å². The Morgan fingerprint density at radius 2 is 1.59 bits per heavy atom. The van der Waals surface area contributed by atoms with E-state index < -0.39 is 5.91 Å². The van der Waals surface area contributed by atoms with Gasteiger partial charge in [0.15, 0.2) is 5.78 Å². The summed E-state index contributed by atoms with van der Waals surface area (Å²) in [5, 5.41) is 8.67. The highest BCUT2D eigenvalue weighted by atomic mass is 16.5. The van der Waals surface area contributed by atoms with Crippen LogP contribution in [-0.4, -0.2) is 31.0 Å². The molecular weight excluding hydrogens is 340 g/mol. The number of amides is 1. The number of Topliss-reactive ketones (excluding diaryl/α,β-unsaturated/α-hetero) is 1. The number of anilines is 1. The summed E-state index contributed by atoms with van der Waals surface area (Å²) < 4.78 is 0. The summed E-state index contributed by atoms with van der Waals surface area (Å²) in [6.45, 7) is 1.82. The van der Waals surface area contributed by atoms with Crippen LogP contribution >= 0.6 is 0 Å². The fraction of sp³-hybridized carbons (Fsp3) is 0.182. The Kier molecular flexibility index (Phi) is 7.08. The molecule has 2 rings (SSSR count). The molecule has 5 nitrogen and oxygen atoms in total. The van der Waals surface area contributed by atoms with Gasteiger partial charge < -0.3 is 4.90 Å². The number of allylic oxidation sites excluding steroid dienone is 3. The lowest BCUT2D eigenvalue weighted by Crippen LogP contribution is -2.15. The highest BCUT2D eigenvalue weighted by Crippen LogP contribution is 2.21. The van der Waals surface area contributed by atoms with Crippen molar-refractivity contribution in [3.05, 3.63) is 84.0 Å². The smallest absolute Gasteiger partial charge is 0.267 e. The Morgan fingerprint density at radius 1 is 0.963 bits per heavy atom. The zero-order chi connectivity index (χ0) is 19.8. The Balaban J connectivity index is 2.29. The van der Waals surface area contributed by atoms with Gasteiger partial charge in [0.25, 0.3) is 5.91 Å². The molecule has 0 aliphatic heterocycles. The number of ketones is 1. The van der Waals surface area contributed by atoms with Gasteiger partial charge in [-0.3, -0.25) is 14.8 Å². The van der Waals surface area contributed by atoms with Crippen molar-refractivity contribution in [2.45, 2.75) is 6.92 Å². The number of hydrogen-bond acceptors (Lipinski definition) is 4. The molecule has 0 fully saturated rings. The van der Waals surface area contributed by atoms with E-state index >= 15 is 0 Å². The van der Waals surface area contributed by atoms with Gasteiger partial charge in [0.05, 0.1) is 0 Å². The van der Waals surface area contributed by atoms with Crippen LogP contribution in [0.4, 0.5) is 5.69 Å². The molecule has 5 heteroatoms. The molecule has 2 N–H and O–H groups in total. The summed E-state index contributed by atoms with van der Waals surface area (Å²) in [6.07, 6.45) is 4.63. The number of carbonyl (C=O) groups is 2. The van der Waals surface area contributed by atoms with E-state index in [1.807, 2.05) is 86.6 Å². The van der Waals surface area contributed by atoms with Crippen molar-refractivity contribution < 1.29 is 14.8 Å². The van der Waals surface area contributed by atoms with Crippen LogP contribution in [0.3, 0.4) is 0 Å². The minimum Gasteiger partial charge on any atom is -0.378 e.